The maximum absolute atomic E-state index is 7.09. The van der Waals surface area contributed by atoms with Crippen molar-refractivity contribution >= 4 is 57.5 Å². The molecule has 0 unspecified atom stereocenters. The van der Waals surface area contributed by atoms with E-state index in [0.29, 0.717) is 0 Å². The fourth-order valence-electron chi connectivity index (χ4n) is 7.08. The molecular weight excluding hydrogens is 582 g/mol. The van der Waals surface area contributed by atoms with E-state index < -0.39 is 8.07 Å². The summed E-state index contributed by atoms with van der Waals surface area (Å²) in [6.07, 6.45) is 0. The molecule has 0 saturated carbocycles. The number of para-hydroxylation sites is 2. The van der Waals surface area contributed by atoms with Crippen molar-refractivity contribution in [1.29, 1.82) is 0 Å². The van der Waals surface area contributed by atoms with Crippen LogP contribution in [0.15, 0.2) is 182 Å². The minimum absolute atomic E-state index is 0.809. The number of fused-ring (bicyclic) bond motifs is 3. The Labute approximate surface area is 270 Å². The molecule has 0 fully saturated rings. The summed E-state index contributed by atoms with van der Waals surface area (Å²) in [7, 11) is -2.57. The summed E-state index contributed by atoms with van der Waals surface area (Å²) in [4.78, 5) is 2.29. The zero-order valence-corrected chi connectivity index (χ0v) is 26.4. The van der Waals surface area contributed by atoms with E-state index in [1.54, 1.807) is 0 Å². The molecule has 3 heteroatoms. The first kappa shape index (κ1) is 27.4. The van der Waals surface area contributed by atoms with E-state index in [9.17, 15) is 0 Å². The second kappa shape index (κ2) is 11.4. The lowest BCUT2D eigenvalue weighted by molar-refractivity contribution is 1.28. The number of rotatable bonds is 6. The topological polar surface area (TPSA) is 3.24 Å². The molecule has 0 aliphatic carbocycles. The number of hydrogen-bond donors (Lipinski definition) is 0. The number of nitrogens with zero attached hydrogens (tertiary/aromatic N) is 1. The maximum Gasteiger partial charge on any atom is 0.180 e. The Morgan fingerprint density at radius 1 is 0.400 bits per heavy atom. The van der Waals surface area contributed by atoms with Crippen LogP contribution in [0.2, 0.25) is 5.02 Å². The summed E-state index contributed by atoms with van der Waals surface area (Å²) >= 11 is 7.09. The predicted octanol–water partition coefficient (Wildman–Crippen LogP) is 8.83. The van der Waals surface area contributed by atoms with Gasteiger partial charge in [-0.05, 0) is 86.0 Å². The number of halogens is 1. The SMILES string of the molecule is Clc1cccc2c1-c1cc(-c3ccc(N(c4ccccc4)c4ccccc4)cc3)ccc1[Si]2(c1ccccc1)c1ccccc1. The van der Waals surface area contributed by atoms with Gasteiger partial charge >= 0.3 is 0 Å². The van der Waals surface area contributed by atoms with Crippen LogP contribution in [0.4, 0.5) is 17.1 Å². The Bertz CT molecular complexity index is 2020. The zero-order valence-electron chi connectivity index (χ0n) is 24.6. The van der Waals surface area contributed by atoms with Crippen LogP contribution >= 0.6 is 11.6 Å². The van der Waals surface area contributed by atoms with Crippen LogP contribution in [0.5, 0.6) is 0 Å². The Hall–Kier alpha value is -5.15. The molecule has 1 aliphatic heterocycles. The van der Waals surface area contributed by atoms with Gasteiger partial charge in [0, 0.05) is 27.6 Å². The smallest absolute Gasteiger partial charge is 0.180 e. The highest BCUT2D eigenvalue weighted by molar-refractivity contribution is 7.22. The lowest BCUT2D eigenvalue weighted by atomic mass is 9.99. The average Bonchev–Trinajstić information content (AvgIpc) is 3.42. The molecule has 0 bridgehead atoms. The minimum atomic E-state index is -2.57. The number of anilines is 3. The second-order valence-electron chi connectivity index (χ2n) is 11.5. The summed E-state index contributed by atoms with van der Waals surface area (Å²) in [5.41, 5.74) is 8.15. The molecule has 1 nitrogen and oxygen atoms in total. The van der Waals surface area contributed by atoms with Gasteiger partial charge in [0.1, 0.15) is 0 Å². The van der Waals surface area contributed by atoms with Crippen LogP contribution < -0.4 is 25.6 Å². The molecule has 8 rings (SSSR count). The Balaban J connectivity index is 1.28. The summed E-state index contributed by atoms with van der Waals surface area (Å²) in [5, 5.41) is 6.30. The summed E-state index contributed by atoms with van der Waals surface area (Å²) < 4.78 is 0. The third-order valence-corrected chi connectivity index (χ3v) is 14.2. The van der Waals surface area contributed by atoms with Crippen molar-refractivity contribution in [2.75, 3.05) is 4.90 Å². The van der Waals surface area contributed by atoms with Crippen LogP contribution in [0.3, 0.4) is 0 Å². The molecule has 214 valence electrons. The molecule has 0 amide bonds. The van der Waals surface area contributed by atoms with E-state index in [4.69, 9.17) is 11.6 Å². The summed E-state index contributed by atoms with van der Waals surface area (Å²) in [6, 6.07) is 65.5. The van der Waals surface area contributed by atoms with Crippen molar-refractivity contribution in [3.8, 4) is 22.3 Å². The lowest BCUT2D eigenvalue weighted by Crippen LogP contribution is -2.72. The molecule has 0 aromatic heterocycles. The third kappa shape index (κ3) is 4.53. The number of hydrogen-bond acceptors (Lipinski definition) is 1. The first-order valence-corrected chi connectivity index (χ1v) is 17.7. The first-order chi connectivity index (χ1) is 22.2. The molecule has 0 radical (unpaired) electrons. The van der Waals surface area contributed by atoms with Crippen LogP contribution in [0, 0.1) is 0 Å². The highest BCUT2D eigenvalue weighted by Crippen LogP contribution is 2.38. The van der Waals surface area contributed by atoms with E-state index in [0.717, 1.165) is 22.1 Å². The third-order valence-electron chi connectivity index (χ3n) is 9.01. The van der Waals surface area contributed by atoms with Gasteiger partial charge in [-0.25, -0.2) is 0 Å². The molecule has 0 spiro atoms. The predicted molar refractivity (Wildman–Crippen MR) is 194 cm³/mol. The summed E-state index contributed by atoms with van der Waals surface area (Å²) in [5.74, 6) is 0. The normalized spacial score (nSPS) is 12.7. The molecule has 1 heterocycles. The monoisotopic (exact) mass is 611 g/mol. The standard InChI is InChI=1S/C42H30ClNSi/c43-39-22-13-23-41-42(39)38-30-32(26-29-40(38)45(41,36-18-9-3-10-19-36)37-20-11-4-12-21-37)31-24-27-35(28-25-31)44(33-14-5-1-6-15-33)34-16-7-2-8-17-34/h1-30H. The van der Waals surface area contributed by atoms with Gasteiger partial charge in [-0.1, -0.05) is 145 Å². The van der Waals surface area contributed by atoms with Crippen LogP contribution in [0.25, 0.3) is 22.3 Å². The van der Waals surface area contributed by atoms with Crippen molar-refractivity contribution in [2.24, 2.45) is 0 Å². The van der Waals surface area contributed by atoms with E-state index >= 15 is 0 Å². The van der Waals surface area contributed by atoms with Crippen LogP contribution in [-0.4, -0.2) is 8.07 Å². The lowest BCUT2D eigenvalue weighted by Gasteiger charge is -2.31. The van der Waals surface area contributed by atoms with Gasteiger partial charge in [-0.3, -0.25) is 0 Å². The van der Waals surface area contributed by atoms with Crippen molar-refractivity contribution in [1.82, 2.24) is 0 Å². The molecule has 0 saturated heterocycles. The van der Waals surface area contributed by atoms with Gasteiger partial charge in [-0.15, -0.1) is 0 Å². The molecule has 45 heavy (non-hydrogen) atoms. The van der Waals surface area contributed by atoms with Gasteiger partial charge < -0.3 is 4.90 Å². The zero-order chi connectivity index (χ0) is 30.2. The van der Waals surface area contributed by atoms with Crippen molar-refractivity contribution in [3.63, 3.8) is 0 Å². The molecule has 7 aromatic rings. The van der Waals surface area contributed by atoms with Gasteiger partial charge in [0.25, 0.3) is 0 Å². The average molecular weight is 612 g/mol. The van der Waals surface area contributed by atoms with Gasteiger partial charge in [0.2, 0.25) is 0 Å². The number of benzene rings is 7. The van der Waals surface area contributed by atoms with Crippen molar-refractivity contribution in [2.45, 2.75) is 0 Å². The molecule has 0 atom stereocenters. The van der Waals surface area contributed by atoms with Gasteiger partial charge in [0.15, 0.2) is 8.07 Å². The second-order valence-corrected chi connectivity index (χ2v) is 15.6. The maximum atomic E-state index is 7.09. The first-order valence-electron chi connectivity index (χ1n) is 15.3. The van der Waals surface area contributed by atoms with Crippen molar-refractivity contribution < 1.29 is 0 Å². The quantitative estimate of drug-likeness (QED) is 0.170. The van der Waals surface area contributed by atoms with E-state index in [2.05, 4.69) is 181 Å². The molecule has 7 aromatic carbocycles. The Morgan fingerprint density at radius 2 is 0.889 bits per heavy atom. The van der Waals surface area contributed by atoms with Gasteiger partial charge in [0.05, 0.1) is 0 Å². The minimum Gasteiger partial charge on any atom is -0.311 e. The van der Waals surface area contributed by atoms with Crippen LogP contribution in [0.1, 0.15) is 0 Å². The van der Waals surface area contributed by atoms with E-state index in [1.807, 2.05) is 6.07 Å². The largest absolute Gasteiger partial charge is 0.311 e. The molecule has 1 aliphatic rings. The Morgan fingerprint density at radius 3 is 1.44 bits per heavy atom. The fraction of sp³-hybridized carbons (Fsp3) is 0. The highest BCUT2D eigenvalue weighted by Gasteiger charge is 2.49. The molecular formula is C42H30ClNSi. The van der Waals surface area contributed by atoms with Crippen molar-refractivity contribution in [3.05, 3.63) is 187 Å². The van der Waals surface area contributed by atoms with E-state index in [-0.39, 0.29) is 0 Å². The van der Waals surface area contributed by atoms with E-state index in [1.165, 1.54) is 43.0 Å². The molecule has 0 N–H and O–H groups in total. The van der Waals surface area contributed by atoms with Gasteiger partial charge in [-0.2, -0.15) is 0 Å². The Kier molecular flexibility index (Phi) is 6.94. The highest BCUT2D eigenvalue weighted by atomic mass is 35.5. The fourth-order valence-corrected chi connectivity index (χ4v) is 12.6. The van der Waals surface area contributed by atoms with Crippen LogP contribution in [-0.2, 0) is 0 Å². The summed E-state index contributed by atoms with van der Waals surface area (Å²) in [6.45, 7) is 0.